The molecule has 0 aliphatic heterocycles. The fourth-order valence-corrected chi connectivity index (χ4v) is 2.21. The van der Waals surface area contributed by atoms with Crippen molar-refractivity contribution in [2.45, 2.75) is 78.4 Å². The third kappa shape index (κ3) is 6.49. The normalized spacial score (nSPS) is 17.4. The molecule has 3 unspecified atom stereocenters. The van der Waals surface area contributed by atoms with Gasteiger partial charge in [0.15, 0.2) is 0 Å². The van der Waals surface area contributed by atoms with Gasteiger partial charge in [-0.15, -0.1) is 0 Å². The number of nitrogens with one attached hydrogen (secondary N) is 1. The van der Waals surface area contributed by atoms with Crippen molar-refractivity contribution in [3.05, 3.63) is 0 Å². The Kier molecular flexibility index (Phi) is 8.96. The highest BCUT2D eigenvalue weighted by Crippen LogP contribution is 2.12. The van der Waals surface area contributed by atoms with Crippen molar-refractivity contribution in [2.24, 2.45) is 0 Å². The monoisotopic (exact) mass is 228 g/mol. The van der Waals surface area contributed by atoms with Gasteiger partial charge < -0.3 is 10.2 Å². The van der Waals surface area contributed by atoms with Crippen molar-refractivity contribution < 1.29 is 0 Å². The summed E-state index contributed by atoms with van der Waals surface area (Å²) < 4.78 is 0. The number of hydrogen-bond acceptors (Lipinski definition) is 2. The van der Waals surface area contributed by atoms with Gasteiger partial charge in [-0.05, 0) is 53.6 Å². The van der Waals surface area contributed by atoms with E-state index in [1.807, 2.05) is 0 Å². The summed E-state index contributed by atoms with van der Waals surface area (Å²) in [5.41, 5.74) is 0. The van der Waals surface area contributed by atoms with Crippen LogP contribution in [0.15, 0.2) is 0 Å². The standard InChI is InChI=1S/C14H32N2/c1-7-9-13(4)16(6)14(5)11-12(3)15-10-8-2/h12-15H,7-11H2,1-6H3. The molecule has 0 heterocycles. The molecule has 16 heavy (non-hydrogen) atoms. The Morgan fingerprint density at radius 1 is 1.00 bits per heavy atom. The van der Waals surface area contributed by atoms with Crippen LogP contribution in [0.2, 0.25) is 0 Å². The summed E-state index contributed by atoms with van der Waals surface area (Å²) in [6.07, 6.45) is 5.05. The first-order valence-corrected chi connectivity index (χ1v) is 6.98. The van der Waals surface area contributed by atoms with Crippen LogP contribution in [0.25, 0.3) is 0 Å². The molecule has 98 valence electrons. The van der Waals surface area contributed by atoms with Gasteiger partial charge in [0.25, 0.3) is 0 Å². The quantitative estimate of drug-likeness (QED) is 0.651. The molecule has 0 amide bonds. The smallest absolute Gasteiger partial charge is 0.00814 e. The highest BCUT2D eigenvalue weighted by atomic mass is 15.2. The zero-order valence-electron chi connectivity index (χ0n) is 12.2. The van der Waals surface area contributed by atoms with Gasteiger partial charge in [0.1, 0.15) is 0 Å². The maximum absolute atomic E-state index is 3.56. The Labute approximate surface area is 103 Å². The Balaban J connectivity index is 3.88. The van der Waals surface area contributed by atoms with E-state index in [4.69, 9.17) is 0 Å². The zero-order chi connectivity index (χ0) is 12.6. The predicted octanol–water partition coefficient (Wildman–Crippen LogP) is 3.27. The SMILES string of the molecule is CCCNC(C)CC(C)N(C)C(C)CCC. The predicted molar refractivity (Wildman–Crippen MR) is 74.0 cm³/mol. The van der Waals surface area contributed by atoms with Crippen LogP contribution >= 0.6 is 0 Å². The molecular formula is C14H32N2. The lowest BCUT2D eigenvalue weighted by molar-refractivity contribution is 0.169. The summed E-state index contributed by atoms with van der Waals surface area (Å²) in [5.74, 6) is 0. The van der Waals surface area contributed by atoms with Gasteiger partial charge in [0.2, 0.25) is 0 Å². The van der Waals surface area contributed by atoms with E-state index in [1.165, 1.54) is 25.7 Å². The molecule has 0 aromatic carbocycles. The van der Waals surface area contributed by atoms with E-state index in [-0.39, 0.29) is 0 Å². The van der Waals surface area contributed by atoms with Gasteiger partial charge >= 0.3 is 0 Å². The van der Waals surface area contributed by atoms with E-state index in [9.17, 15) is 0 Å². The van der Waals surface area contributed by atoms with Crippen LogP contribution in [0, 0.1) is 0 Å². The number of hydrogen-bond donors (Lipinski definition) is 1. The molecule has 0 radical (unpaired) electrons. The molecule has 2 heteroatoms. The highest BCUT2D eigenvalue weighted by Gasteiger charge is 2.16. The third-order valence-electron chi connectivity index (χ3n) is 3.53. The average Bonchev–Trinajstić information content (AvgIpc) is 2.25. The lowest BCUT2D eigenvalue weighted by Gasteiger charge is -2.32. The Morgan fingerprint density at radius 3 is 2.12 bits per heavy atom. The van der Waals surface area contributed by atoms with Crippen LogP contribution in [0.3, 0.4) is 0 Å². The van der Waals surface area contributed by atoms with Crippen molar-refractivity contribution in [3.63, 3.8) is 0 Å². The van der Waals surface area contributed by atoms with Crippen LogP contribution in [0.1, 0.15) is 60.3 Å². The molecule has 0 rings (SSSR count). The zero-order valence-corrected chi connectivity index (χ0v) is 12.2. The molecule has 3 atom stereocenters. The van der Waals surface area contributed by atoms with Crippen molar-refractivity contribution in [1.29, 1.82) is 0 Å². The minimum Gasteiger partial charge on any atom is -0.314 e. The van der Waals surface area contributed by atoms with Crippen LogP contribution in [-0.2, 0) is 0 Å². The van der Waals surface area contributed by atoms with Gasteiger partial charge in [-0.25, -0.2) is 0 Å². The summed E-state index contributed by atoms with van der Waals surface area (Å²) in [7, 11) is 2.26. The van der Waals surface area contributed by atoms with Gasteiger partial charge in [-0.3, -0.25) is 0 Å². The third-order valence-corrected chi connectivity index (χ3v) is 3.53. The highest BCUT2D eigenvalue weighted by molar-refractivity contribution is 4.74. The van der Waals surface area contributed by atoms with Gasteiger partial charge in [0.05, 0.1) is 0 Å². The Bertz CT molecular complexity index is 159. The van der Waals surface area contributed by atoms with Gasteiger partial charge in [-0.2, -0.15) is 0 Å². The molecule has 1 N–H and O–H groups in total. The van der Waals surface area contributed by atoms with E-state index in [1.54, 1.807) is 0 Å². The molecule has 0 aromatic rings. The maximum Gasteiger partial charge on any atom is 0.00814 e. The summed E-state index contributed by atoms with van der Waals surface area (Å²) in [6.45, 7) is 12.6. The first-order valence-electron chi connectivity index (χ1n) is 6.98. The van der Waals surface area contributed by atoms with Gasteiger partial charge in [-0.1, -0.05) is 20.3 Å². The average molecular weight is 228 g/mol. The summed E-state index contributed by atoms with van der Waals surface area (Å²) in [4.78, 5) is 2.52. The molecular weight excluding hydrogens is 196 g/mol. The van der Waals surface area contributed by atoms with Gasteiger partial charge in [0, 0.05) is 18.1 Å². The van der Waals surface area contributed by atoms with Crippen LogP contribution in [0.5, 0.6) is 0 Å². The molecule has 0 saturated carbocycles. The fraction of sp³-hybridized carbons (Fsp3) is 1.00. The summed E-state index contributed by atoms with van der Waals surface area (Å²) in [6, 6.07) is 2.01. The van der Waals surface area contributed by atoms with E-state index in [0.29, 0.717) is 18.1 Å². The Hall–Kier alpha value is -0.0800. The fourth-order valence-electron chi connectivity index (χ4n) is 2.21. The topological polar surface area (TPSA) is 15.3 Å². The largest absolute Gasteiger partial charge is 0.314 e. The first kappa shape index (κ1) is 15.9. The minimum atomic E-state index is 0.631. The van der Waals surface area contributed by atoms with E-state index < -0.39 is 0 Å². The summed E-state index contributed by atoms with van der Waals surface area (Å²) in [5, 5.41) is 3.56. The van der Waals surface area contributed by atoms with E-state index in [2.05, 4.69) is 51.9 Å². The second-order valence-corrected chi connectivity index (χ2v) is 5.24. The lowest BCUT2D eigenvalue weighted by atomic mass is 10.1. The molecule has 0 saturated heterocycles. The van der Waals surface area contributed by atoms with Crippen molar-refractivity contribution >= 4 is 0 Å². The molecule has 0 aromatic heterocycles. The van der Waals surface area contributed by atoms with E-state index >= 15 is 0 Å². The van der Waals surface area contributed by atoms with E-state index in [0.717, 1.165) is 6.54 Å². The van der Waals surface area contributed by atoms with Crippen LogP contribution in [-0.4, -0.2) is 36.6 Å². The molecule has 0 bridgehead atoms. The first-order chi connectivity index (χ1) is 7.52. The molecule has 0 aliphatic rings. The Morgan fingerprint density at radius 2 is 1.62 bits per heavy atom. The van der Waals surface area contributed by atoms with Crippen LogP contribution < -0.4 is 5.32 Å². The van der Waals surface area contributed by atoms with Crippen molar-refractivity contribution in [3.8, 4) is 0 Å². The second-order valence-electron chi connectivity index (χ2n) is 5.24. The second kappa shape index (κ2) is 9.00. The number of rotatable bonds is 9. The van der Waals surface area contributed by atoms with Crippen molar-refractivity contribution in [1.82, 2.24) is 10.2 Å². The maximum atomic E-state index is 3.56. The van der Waals surface area contributed by atoms with Crippen molar-refractivity contribution in [2.75, 3.05) is 13.6 Å². The molecule has 2 nitrogen and oxygen atoms in total. The summed E-state index contributed by atoms with van der Waals surface area (Å²) >= 11 is 0. The van der Waals surface area contributed by atoms with Crippen LogP contribution in [0.4, 0.5) is 0 Å². The minimum absolute atomic E-state index is 0.631. The molecule has 0 aliphatic carbocycles. The number of nitrogens with zero attached hydrogens (tertiary/aromatic N) is 1. The molecule has 0 fully saturated rings. The lowest BCUT2D eigenvalue weighted by Crippen LogP contribution is -2.41. The molecule has 0 spiro atoms.